The number of amides is 3. The SMILES string of the molecule is O=C(Nc1ccc2c(c1)CN(C(=O)c1ccco1)CC2)Nc1ccccc1C(F)(F)F. The lowest BCUT2D eigenvalue weighted by Crippen LogP contribution is -2.35. The number of carbonyl (C=O) groups is 2. The van der Waals surface area contributed by atoms with Crippen LogP contribution in [0.5, 0.6) is 0 Å². The second kappa shape index (κ2) is 8.17. The van der Waals surface area contributed by atoms with Gasteiger partial charge in [0.05, 0.1) is 17.5 Å². The lowest BCUT2D eigenvalue weighted by Gasteiger charge is -2.28. The third kappa shape index (κ3) is 4.55. The molecule has 0 bridgehead atoms. The van der Waals surface area contributed by atoms with Gasteiger partial charge < -0.3 is 20.0 Å². The molecule has 2 N–H and O–H groups in total. The monoisotopic (exact) mass is 429 g/mol. The molecule has 2 heterocycles. The zero-order valence-corrected chi connectivity index (χ0v) is 16.2. The summed E-state index contributed by atoms with van der Waals surface area (Å²) in [5.41, 5.74) is 1.04. The van der Waals surface area contributed by atoms with E-state index in [1.165, 1.54) is 24.5 Å². The number of halogens is 3. The van der Waals surface area contributed by atoms with Crippen LogP contribution in [-0.2, 0) is 19.1 Å². The van der Waals surface area contributed by atoms with Crippen LogP contribution in [-0.4, -0.2) is 23.4 Å². The molecule has 1 aromatic heterocycles. The molecule has 0 atom stereocenters. The maximum atomic E-state index is 13.1. The Balaban J connectivity index is 1.46. The van der Waals surface area contributed by atoms with Crippen LogP contribution in [0.15, 0.2) is 65.3 Å². The molecule has 1 aliphatic heterocycles. The van der Waals surface area contributed by atoms with Gasteiger partial charge in [0.2, 0.25) is 0 Å². The standard InChI is InChI=1S/C22H18F3N3O3/c23-22(24,25)17-4-1-2-5-18(17)27-21(30)26-16-8-7-14-9-10-28(13-15(14)12-16)20(29)19-6-3-11-31-19/h1-8,11-12H,9-10,13H2,(H2,26,27,30). The van der Waals surface area contributed by atoms with Crippen LogP contribution < -0.4 is 10.6 Å². The highest BCUT2D eigenvalue weighted by Crippen LogP contribution is 2.34. The molecule has 3 aromatic rings. The number of nitrogens with one attached hydrogen (secondary N) is 2. The van der Waals surface area contributed by atoms with Gasteiger partial charge >= 0.3 is 12.2 Å². The number of alkyl halides is 3. The Labute approximate surface area is 175 Å². The minimum Gasteiger partial charge on any atom is -0.459 e. The molecule has 0 unspecified atom stereocenters. The van der Waals surface area contributed by atoms with E-state index in [1.807, 2.05) is 6.07 Å². The van der Waals surface area contributed by atoms with Gasteiger partial charge in [-0.05, 0) is 53.9 Å². The summed E-state index contributed by atoms with van der Waals surface area (Å²) >= 11 is 0. The molecule has 9 heteroatoms. The summed E-state index contributed by atoms with van der Waals surface area (Å²) in [6.45, 7) is 0.872. The number of furan rings is 1. The van der Waals surface area contributed by atoms with Crippen molar-refractivity contribution in [2.24, 2.45) is 0 Å². The Hall–Kier alpha value is -3.75. The summed E-state index contributed by atoms with van der Waals surface area (Å²) in [7, 11) is 0. The first-order valence-corrected chi connectivity index (χ1v) is 9.50. The number of benzene rings is 2. The number of rotatable bonds is 3. The fraction of sp³-hybridized carbons (Fsp3) is 0.182. The van der Waals surface area contributed by atoms with Gasteiger partial charge in [0.15, 0.2) is 5.76 Å². The van der Waals surface area contributed by atoms with Crippen LogP contribution in [0, 0.1) is 0 Å². The van der Waals surface area contributed by atoms with Gasteiger partial charge in [-0.25, -0.2) is 4.79 Å². The van der Waals surface area contributed by atoms with Gasteiger partial charge in [-0.15, -0.1) is 0 Å². The summed E-state index contributed by atoms with van der Waals surface area (Å²) in [5, 5.41) is 4.80. The molecule has 0 fully saturated rings. The van der Waals surface area contributed by atoms with Crippen molar-refractivity contribution in [2.75, 3.05) is 17.2 Å². The summed E-state index contributed by atoms with van der Waals surface area (Å²) in [4.78, 5) is 26.4. The zero-order valence-electron chi connectivity index (χ0n) is 16.2. The van der Waals surface area contributed by atoms with Crippen LogP contribution in [0.3, 0.4) is 0 Å². The Kier molecular flexibility index (Phi) is 5.41. The fourth-order valence-corrected chi connectivity index (χ4v) is 3.49. The number of carbonyl (C=O) groups excluding carboxylic acids is 2. The van der Waals surface area contributed by atoms with Crippen molar-refractivity contribution in [3.8, 4) is 0 Å². The van der Waals surface area contributed by atoms with E-state index in [0.717, 1.165) is 17.2 Å². The van der Waals surface area contributed by atoms with E-state index in [2.05, 4.69) is 10.6 Å². The Morgan fingerprint density at radius 2 is 1.77 bits per heavy atom. The van der Waals surface area contributed by atoms with E-state index in [1.54, 1.807) is 29.2 Å². The van der Waals surface area contributed by atoms with Gasteiger partial charge in [-0.3, -0.25) is 4.79 Å². The third-order valence-electron chi connectivity index (χ3n) is 4.98. The predicted octanol–water partition coefficient (Wildman–Crippen LogP) is 5.14. The number of para-hydroxylation sites is 1. The second-order valence-electron chi connectivity index (χ2n) is 7.06. The van der Waals surface area contributed by atoms with Gasteiger partial charge in [-0.2, -0.15) is 13.2 Å². The maximum Gasteiger partial charge on any atom is 0.418 e. The highest BCUT2D eigenvalue weighted by molar-refractivity contribution is 6.00. The zero-order chi connectivity index (χ0) is 22.0. The molecule has 0 aliphatic carbocycles. The van der Waals surface area contributed by atoms with Crippen molar-refractivity contribution in [3.63, 3.8) is 0 Å². The largest absolute Gasteiger partial charge is 0.459 e. The minimum absolute atomic E-state index is 0.226. The highest BCUT2D eigenvalue weighted by atomic mass is 19.4. The second-order valence-corrected chi connectivity index (χ2v) is 7.06. The van der Waals surface area contributed by atoms with Crippen molar-refractivity contribution in [1.82, 2.24) is 4.90 Å². The fourth-order valence-electron chi connectivity index (χ4n) is 3.49. The average Bonchev–Trinajstić information content (AvgIpc) is 3.27. The Morgan fingerprint density at radius 3 is 2.52 bits per heavy atom. The van der Waals surface area contributed by atoms with Crippen molar-refractivity contribution in [3.05, 3.63) is 83.3 Å². The third-order valence-corrected chi connectivity index (χ3v) is 4.98. The topological polar surface area (TPSA) is 74.6 Å². The molecule has 160 valence electrons. The average molecular weight is 429 g/mol. The first-order valence-electron chi connectivity index (χ1n) is 9.50. The van der Waals surface area contributed by atoms with Crippen molar-refractivity contribution in [1.29, 1.82) is 0 Å². The molecule has 0 radical (unpaired) electrons. The lowest BCUT2D eigenvalue weighted by atomic mass is 9.99. The predicted molar refractivity (Wildman–Crippen MR) is 108 cm³/mol. The van der Waals surface area contributed by atoms with Gasteiger partial charge in [0, 0.05) is 18.8 Å². The van der Waals surface area contributed by atoms with E-state index in [4.69, 9.17) is 4.42 Å². The van der Waals surface area contributed by atoms with Crippen molar-refractivity contribution >= 4 is 23.3 Å². The Bertz CT molecular complexity index is 1110. The minimum atomic E-state index is -4.58. The maximum absolute atomic E-state index is 13.1. The summed E-state index contributed by atoms with van der Waals surface area (Å²) in [6, 6.07) is 12.4. The summed E-state index contributed by atoms with van der Waals surface area (Å²) in [5.74, 6) is 0.0240. The molecule has 2 aromatic carbocycles. The Morgan fingerprint density at radius 1 is 0.968 bits per heavy atom. The van der Waals surface area contributed by atoms with E-state index in [0.29, 0.717) is 25.2 Å². The van der Waals surface area contributed by atoms with Gasteiger partial charge in [0.25, 0.3) is 5.91 Å². The number of urea groups is 1. The van der Waals surface area contributed by atoms with E-state index in [-0.39, 0.29) is 17.4 Å². The van der Waals surface area contributed by atoms with Gasteiger partial charge in [0.1, 0.15) is 0 Å². The molecule has 3 amide bonds. The van der Waals surface area contributed by atoms with Crippen LogP contribution in [0.2, 0.25) is 0 Å². The van der Waals surface area contributed by atoms with E-state index >= 15 is 0 Å². The first-order chi connectivity index (χ1) is 14.8. The quantitative estimate of drug-likeness (QED) is 0.605. The molecule has 1 aliphatic rings. The van der Waals surface area contributed by atoms with Crippen molar-refractivity contribution < 1.29 is 27.2 Å². The molecule has 0 saturated carbocycles. The number of fused-ring (bicyclic) bond motifs is 1. The van der Waals surface area contributed by atoms with Crippen LogP contribution >= 0.6 is 0 Å². The molecule has 31 heavy (non-hydrogen) atoms. The molecular formula is C22H18F3N3O3. The van der Waals surface area contributed by atoms with Crippen molar-refractivity contribution in [2.45, 2.75) is 19.1 Å². The highest BCUT2D eigenvalue weighted by Gasteiger charge is 2.33. The van der Waals surface area contributed by atoms with E-state index in [9.17, 15) is 22.8 Å². The smallest absolute Gasteiger partial charge is 0.418 e. The molecule has 0 saturated heterocycles. The van der Waals surface area contributed by atoms with Crippen LogP contribution in [0.1, 0.15) is 27.2 Å². The van der Waals surface area contributed by atoms with Gasteiger partial charge in [-0.1, -0.05) is 18.2 Å². The molecule has 4 rings (SSSR count). The van der Waals surface area contributed by atoms with Crippen LogP contribution in [0.25, 0.3) is 0 Å². The molecular weight excluding hydrogens is 411 g/mol. The van der Waals surface area contributed by atoms with E-state index < -0.39 is 17.8 Å². The molecule has 0 spiro atoms. The summed E-state index contributed by atoms with van der Waals surface area (Å²) < 4.78 is 44.5. The number of hydrogen-bond acceptors (Lipinski definition) is 3. The van der Waals surface area contributed by atoms with Crippen LogP contribution in [0.4, 0.5) is 29.3 Å². The number of anilines is 2. The lowest BCUT2D eigenvalue weighted by molar-refractivity contribution is -0.136. The summed E-state index contributed by atoms with van der Waals surface area (Å²) in [6.07, 6.45) is -2.50. The number of nitrogens with zero attached hydrogens (tertiary/aromatic N) is 1. The first kappa shape index (κ1) is 20.5. The number of hydrogen-bond donors (Lipinski definition) is 2. The normalized spacial score (nSPS) is 13.5. The molecule has 6 nitrogen and oxygen atoms in total.